The van der Waals surface area contributed by atoms with Crippen LogP contribution in [0.4, 0.5) is 0 Å². The van der Waals surface area contributed by atoms with E-state index in [1.54, 1.807) is 6.92 Å². The van der Waals surface area contributed by atoms with E-state index in [0.29, 0.717) is 12.8 Å². The standard InChI is InChI=1S/C31H58O6S/c1-3-4-5-6-7-8-11-15-18-21-24-31(35)37-29(26-32)27-36-30(34)23-20-17-14-12-9-10-13-16-19-22-25-38-28(2)33/h29,32H,3-27H2,1-2H3/t29-/m1/s1. The molecule has 0 bridgehead atoms. The Morgan fingerprint density at radius 3 is 1.50 bits per heavy atom. The zero-order valence-electron chi connectivity index (χ0n) is 24.7. The Balaban J connectivity index is 3.55. The van der Waals surface area contributed by atoms with Gasteiger partial charge in [0.15, 0.2) is 11.2 Å². The third-order valence-electron chi connectivity index (χ3n) is 6.75. The van der Waals surface area contributed by atoms with Gasteiger partial charge in [-0.25, -0.2) is 0 Å². The maximum absolute atomic E-state index is 12.0. The zero-order chi connectivity index (χ0) is 28.1. The monoisotopic (exact) mass is 558 g/mol. The van der Waals surface area contributed by atoms with E-state index >= 15 is 0 Å². The lowest BCUT2D eigenvalue weighted by Crippen LogP contribution is -2.28. The number of rotatable bonds is 28. The van der Waals surface area contributed by atoms with Crippen LogP contribution in [0.25, 0.3) is 0 Å². The average molecular weight is 559 g/mol. The van der Waals surface area contributed by atoms with Gasteiger partial charge >= 0.3 is 11.9 Å². The number of ether oxygens (including phenoxy) is 2. The first kappa shape index (κ1) is 36.9. The molecule has 0 spiro atoms. The number of unbranched alkanes of at least 4 members (excludes halogenated alkanes) is 18. The molecular weight excluding hydrogens is 500 g/mol. The number of aliphatic hydroxyl groups is 1. The molecule has 0 amide bonds. The summed E-state index contributed by atoms with van der Waals surface area (Å²) in [5, 5.41) is 9.67. The number of carbonyl (C=O) groups excluding carboxylic acids is 3. The number of carbonyl (C=O) groups is 3. The van der Waals surface area contributed by atoms with E-state index in [1.807, 2.05) is 0 Å². The maximum atomic E-state index is 12.0. The molecule has 0 rings (SSSR count). The number of thioether (sulfide) groups is 1. The molecule has 0 heterocycles. The lowest BCUT2D eigenvalue weighted by atomic mass is 10.1. The maximum Gasteiger partial charge on any atom is 0.306 e. The molecule has 6 nitrogen and oxygen atoms in total. The summed E-state index contributed by atoms with van der Waals surface area (Å²) in [7, 11) is 0. The summed E-state index contributed by atoms with van der Waals surface area (Å²) in [6.07, 6.45) is 23.4. The van der Waals surface area contributed by atoms with Crippen molar-refractivity contribution in [2.24, 2.45) is 0 Å². The molecule has 0 unspecified atom stereocenters. The van der Waals surface area contributed by atoms with E-state index < -0.39 is 6.10 Å². The Labute approximate surface area is 237 Å². The first-order valence-corrected chi connectivity index (χ1v) is 16.6. The first-order chi connectivity index (χ1) is 18.5. The Morgan fingerprint density at radius 1 is 0.632 bits per heavy atom. The molecule has 0 aromatic heterocycles. The van der Waals surface area contributed by atoms with Crippen molar-refractivity contribution in [1.29, 1.82) is 0 Å². The zero-order valence-corrected chi connectivity index (χ0v) is 25.5. The van der Waals surface area contributed by atoms with Crippen LogP contribution in [0.2, 0.25) is 0 Å². The molecule has 0 aliphatic carbocycles. The van der Waals surface area contributed by atoms with Crippen LogP contribution in [-0.4, -0.2) is 47.2 Å². The molecule has 0 aliphatic rings. The van der Waals surface area contributed by atoms with E-state index in [4.69, 9.17) is 9.47 Å². The molecule has 38 heavy (non-hydrogen) atoms. The van der Waals surface area contributed by atoms with E-state index in [9.17, 15) is 19.5 Å². The highest BCUT2D eigenvalue weighted by Gasteiger charge is 2.16. The van der Waals surface area contributed by atoms with Crippen LogP contribution in [0.5, 0.6) is 0 Å². The Morgan fingerprint density at radius 2 is 1.05 bits per heavy atom. The predicted octanol–water partition coefficient (Wildman–Crippen LogP) is 8.32. The van der Waals surface area contributed by atoms with Crippen LogP contribution in [-0.2, 0) is 23.9 Å². The summed E-state index contributed by atoms with van der Waals surface area (Å²) < 4.78 is 10.5. The Bertz CT molecular complexity index is 569. The third-order valence-corrected chi connectivity index (χ3v) is 7.65. The number of hydrogen-bond donors (Lipinski definition) is 1. The number of aliphatic hydroxyl groups excluding tert-OH is 1. The molecule has 0 saturated heterocycles. The summed E-state index contributed by atoms with van der Waals surface area (Å²) in [6.45, 7) is 3.44. The Kier molecular flexibility index (Phi) is 28.1. The van der Waals surface area contributed by atoms with Crippen LogP contribution in [0.3, 0.4) is 0 Å². The highest BCUT2D eigenvalue weighted by molar-refractivity contribution is 8.13. The lowest BCUT2D eigenvalue weighted by Gasteiger charge is -2.15. The van der Waals surface area contributed by atoms with Gasteiger partial charge in [-0.05, 0) is 19.3 Å². The molecule has 0 saturated carbocycles. The van der Waals surface area contributed by atoms with Gasteiger partial charge in [0.05, 0.1) is 6.61 Å². The molecule has 1 atom stereocenters. The summed E-state index contributed by atoms with van der Waals surface area (Å²) in [4.78, 5) is 34.9. The van der Waals surface area contributed by atoms with Crippen molar-refractivity contribution in [2.75, 3.05) is 19.0 Å². The van der Waals surface area contributed by atoms with Gasteiger partial charge in [0.2, 0.25) is 0 Å². The van der Waals surface area contributed by atoms with Gasteiger partial charge in [-0.15, -0.1) is 0 Å². The largest absolute Gasteiger partial charge is 0.462 e. The summed E-state index contributed by atoms with van der Waals surface area (Å²) in [5.41, 5.74) is 0. The Hall–Kier alpha value is -1.08. The molecule has 0 fully saturated rings. The summed E-state index contributed by atoms with van der Waals surface area (Å²) in [6, 6.07) is 0. The van der Waals surface area contributed by atoms with Crippen molar-refractivity contribution in [1.82, 2.24) is 0 Å². The van der Waals surface area contributed by atoms with E-state index in [2.05, 4.69) is 6.92 Å². The smallest absolute Gasteiger partial charge is 0.306 e. The van der Waals surface area contributed by atoms with Crippen LogP contribution in [0, 0.1) is 0 Å². The van der Waals surface area contributed by atoms with Gasteiger partial charge in [0, 0.05) is 25.5 Å². The average Bonchev–Trinajstić information content (AvgIpc) is 2.90. The van der Waals surface area contributed by atoms with Crippen molar-refractivity contribution >= 4 is 28.8 Å². The molecule has 224 valence electrons. The second-order valence-electron chi connectivity index (χ2n) is 10.5. The second-order valence-corrected chi connectivity index (χ2v) is 11.8. The normalized spacial score (nSPS) is 11.9. The van der Waals surface area contributed by atoms with Crippen molar-refractivity contribution in [3.63, 3.8) is 0 Å². The second kappa shape index (κ2) is 28.9. The van der Waals surface area contributed by atoms with Crippen molar-refractivity contribution in [3.05, 3.63) is 0 Å². The number of esters is 2. The van der Waals surface area contributed by atoms with E-state index in [-0.39, 0.29) is 30.3 Å². The topological polar surface area (TPSA) is 89.9 Å². The molecule has 1 N–H and O–H groups in total. The fourth-order valence-corrected chi connectivity index (χ4v) is 5.02. The molecule has 0 aliphatic heterocycles. The SMILES string of the molecule is CCCCCCCCCCCCC(=O)O[C@H](CO)COC(=O)CCCCCCCCCCCCSC(C)=O. The summed E-state index contributed by atoms with van der Waals surface area (Å²) >= 11 is 1.42. The molecule has 0 aromatic carbocycles. The minimum absolute atomic E-state index is 0.0768. The third kappa shape index (κ3) is 27.9. The van der Waals surface area contributed by atoms with E-state index in [1.165, 1.54) is 95.2 Å². The van der Waals surface area contributed by atoms with Crippen LogP contribution < -0.4 is 0 Å². The van der Waals surface area contributed by atoms with Gasteiger partial charge in [0.1, 0.15) is 6.61 Å². The van der Waals surface area contributed by atoms with Gasteiger partial charge < -0.3 is 14.6 Å². The minimum Gasteiger partial charge on any atom is -0.462 e. The fourth-order valence-electron chi connectivity index (χ4n) is 4.39. The van der Waals surface area contributed by atoms with Crippen molar-refractivity contribution in [2.45, 2.75) is 161 Å². The van der Waals surface area contributed by atoms with Crippen LogP contribution >= 0.6 is 11.8 Å². The molecule has 7 heteroatoms. The molecule has 0 radical (unpaired) electrons. The van der Waals surface area contributed by atoms with Crippen molar-refractivity contribution < 1.29 is 29.0 Å². The summed E-state index contributed by atoms with van der Waals surface area (Å²) in [5.74, 6) is 0.326. The number of hydrogen-bond acceptors (Lipinski definition) is 7. The minimum atomic E-state index is -0.775. The van der Waals surface area contributed by atoms with E-state index in [0.717, 1.165) is 50.7 Å². The highest BCUT2D eigenvalue weighted by Crippen LogP contribution is 2.14. The van der Waals surface area contributed by atoms with Gasteiger partial charge in [0.25, 0.3) is 0 Å². The quantitative estimate of drug-likeness (QED) is 0.0762. The highest BCUT2D eigenvalue weighted by atomic mass is 32.2. The lowest BCUT2D eigenvalue weighted by molar-refractivity contribution is -0.161. The fraction of sp³-hybridized carbons (Fsp3) is 0.903. The predicted molar refractivity (Wildman–Crippen MR) is 158 cm³/mol. The van der Waals surface area contributed by atoms with Crippen LogP contribution in [0.15, 0.2) is 0 Å². The first-order valence-electron chi connectivity index (χ1n) is 15.6. The van der Waals surface area contributed by atoms with Crippen molar-refractivity contribution in [3.8, 4) is 0 Å². The van der Waals surface area contributed by atoms with Gasteiger partial charge in [-0.3, -0.25) is 14.4 Å². The molecular formula is C31H58O6S. The van der Waals surface area contributed by atoms with Crippen LogP contribution in [0.1, 0.15) is 155 Å². The molecule has 0 aromatic rings. The van der Waals surface area contributed by atoms with Gasteiger partial charge in [-0.2, -0.15) is 0 Å². The van der Waals surface area contributed by atoms with Gasteiger partial charge in [-0.1, -0.05) is 128 Å².